The third kappa shape index (κ3) is 3.77. The molecule has 0 unspecified atom stereocenters. The second kappa shape index (κ2) is 7.39. The summed E-state index contributed by atoms with van der Waals surface area (Å²) >= 11 is 1.74. The van der Waals surface area contributed by atoms with Crippen molar-refractivity contribution in [1.82, 2.24) is 19.7 Å². The first-order chi connectivity index (χ1) is 10.7. The van der Waals surface area contributed by atoms with Gasteiger partial charge in [0.05, 0.1) is 24.4 Å². The Hall–Kier alpha value is -1.18. The molecular weight excluding hydrogens is 300 g/mol. The second-order valence-electron chi connectivity index (χ2n) is 5.82. The van der Waals surface area contributed by atoms with Gasteiger partial charge in [-0.1, -0.05) is 0 Å². The highest BCUT2D eigenvalue weighted by atomic mass is 32.1. The van der Waals surface area contributed by atoms with Gasteiger partial charge in [-0.25, -0.2) is 9.78 Å². The van der Waals surface area contributed by atoms with Crippen LogP contribution in [-0.2, 0) is 11.2 Å². The Morgan fingerprint density at radius 3 is 2.50 bits per heavy atom. The predicted octanol–water partition coefficient (Wildman–Crippen LogP) is 1.06. The molecule has 0 aromatic carbocycles. The van der Waals surface area contributed by atoms with Crippen molar-refractivity contribution >= 4 is 17.4 Å². The Morgan fingerprint density at radius 1 is 1.18 bits per heavy atom. The number of aromatic nitrogens is 1. The molecule has 0 radical (unpaired) electrons. The first-order valence-electron chi connectivity index (χ1n) is 7.97. The molecule has 0 aliphatic carbocycles. The van der Waals surface area contributed by atoms with Gasteiger partial charge in [0.25, 0.3) is 0 Å². The van der Waals surface area contributed by atoms with Crippen LogP contribution in [0.15, 0.2) is 5.51 Å². The summed E-state index contributed by atoms with van der Waals surface area (Å²) in [6, 6.07) is 0.182. The van der Waals surface area contributed by atoms with Gasteiger partial charge in [0, 0.05) is 50.7 Å². The van der Waals surface area contributed by atoms with E-state index >= 15 is 0 Å². The molecular formula is C15H24N4O2S. The smallest absolute Gasteiger partial charge is 0.320 e. The molecule has 2 aliphatic rings. The predicted molar refractivity (Wildman–Crippen MR) is 86.4 cm³/mol. The number of carbonyl (C=O) groups excluding carboxylic acids is 1. The number of ether oxygens (including phenoxy) is 1. The Morgan fingerprint density at radius 2 is 1.86 bits per heavy atom. The quantitative estimate of drug-likeness (QED) is 0.834. The average molecular weight is 324 g/mol. The maximum absolute atomic E-state index is 12.4. The number of nitrogens with zero attached hydrogens (tertiary/aromatic N) is 4. The van der Waals surface area contributed by atoms with Crippen molar-refractivity contribution in [2.24, 2.45) is 0 Å². The molecule has 1 aromatic rings. The van der Waals surface area contributed by atoms with Gasteiger partial charge in [-0.2, -0.15) is 0 Å². The number of rotatable bonds is 3. The van der Waals surface area contributed by atoms with E-state index in [0.717, 1.165) is 57.9 Å². The maximum Gasteiger partial charge on any atom is 0.320 e. The molecule has 2 saturated heterocycles. The molecule has 0 saturated carbocycles. The zero-order chi connectivity index (χ0) is 15.4. The highest BCUT2D eigenvalue weighted by molar-refractivity contribution is 7.09. The van der Waals surface area contributed by atoms with Crippen molar-refractivity contribution in [3.63, 3.8) is 0 Å². The van der Waals surface area contributed by atoms with E-state index in [1.54, 1.807) is 11.3 Å². The van der Waals surface area contributed by atoms with Crippen LogP contribution in [0.4, 0.5) is 4.79 Å². The second-order valence-corrected chi connectivity index (χ2v) is 6.76. The molecule has 0 spiro atoms. The molecule has 0 N–H and O–H groups in total. The van der Waals surface area contributed by atoms with Crippen molar-refractivity contribution in [2.45, 2.75) is 13.3 Å². The summed E-state index contributed by atoms with van der Waals surface area (Å²) in [5.41, 5.74) is 3.08. The summed E-state index contributed by atoms with van der Waals surface area (Å²) in [5, 5.41) is 0. The van der Waals surface area contributed by atoms with Gasteiger partial charge in [0.1, 0.15) is 0 Å². The highest BCUT2D eigenvalue weighted by Gasteiger charge is 2.26. The van der Waals surface area contributed by atoms with E-state index < -0.39 is 0 Å². The summed E-state index contributed by atoms with van der Waals surface area (Å²) in [6.45, 7) is 9.51. The molecule has 2 amide bonds. The summed E-state index contributed by atoms with van der Waals surface area (Å²) in [7, 11) is 0. The number of carbonyl (C=O) groups is 1. The standard InChI is InChI=1S/C15H24N4O2S/c1-13-14(22-12-16-13)2-3-17-4-6-18(7-5-17)15(20)19-8-10-21-11-9-19/h12H,2-11H2,1H3. The minimum absolute atomic E-state index is 0.182. The molecule has 122 valence electrons. The first kappa shape index (κ1) is 15.7. The lowest BCUT2D eigenvalue weighted by atomic mass is 10.2. The first-order valence-corrected chi connectivity index (χ1v) is 8.85. The topological polar surface area (TPSA) is 48.9 Å². The number of urea groups is 1. The molecule has 22 heavy (non-hydrogen) atoms. The van der Waals surface area contributed by atoms with Crippen LogP contribution in [0.2, 0.25) is 0 Å². The number of aryl methyl sites for hydroxylation is 1. The lowest BCUT2D eigenvalue weighted by Crippen LogP contribution is -2.54. The summed E-state index contributed by atoms with van der Waals surface area (Å²) < 4.78 is 5.31. The Kier molecular flexibility index (Phi) is 5.28. The fourth-order valence-electron chi connectivity index (χ4n) is 2.94. The third-order valence-corrected chi connectivity index (χ3v) is 5.42. The number of hydrogen-bond acceptors (Lipinski definition) is 5. The lowest BCUT2D eigenvalue weighted by molar-refractivity contribution is 0.0378. The van der Waals surface area contributed by atoms with E-state index in [4.69, 9.17) is 4.74 Å². The Balaban J connectivity index is 1.42. The van der Waals surface area contributed by atoms with Gasteiger partial charge < -0.3 is 14.5 Å². The summed E-state index contributed by atoms with van der Waals surface area (Å²) in [4.78, 5) is 24.4. The van der Waals surface area contributed by atoms with Crippen molar-refractivity contribution in [3.8, 4) is 0 Å². The van der Waals surface area contributed by atoms with Crippen molar-refractivity contribution in [2.75, 3.05) is 59.0 Å². The van der Waals surface area contributed by atoms with E-state index in [0.29, 0.717) is 13.2 Å². The largest absolute Gasteiger partial charge is 0.378 e. The van der Waals surface area contributed by atoms with E-state index in [9.17, 15) is 4.79 Å². The molecule has 1 aromatic heterocycles. The lowest BCUT2D eigenvalue weighted by Gasteiger charge is -2.38. The van der Waals surface area contributed by atoms with E-state index in [-0.39, 0.29) is 6.03 Å². The van der Waals surface area contributed by atoms with Crippen molar-refractivity contribution in [1.29, 1.82) is 0 Å². The van der Waals surface area contributed by atoms with Crippen LogP contribution >= 0.6 is 11.3 Å². The van der Waals surface area contributed by atoms with Gasteiger partial charge in [0.15, 0.2) is 0 Å². The number of hydrogen-bond donors (Lipinski definition) is 0. The minimum Gasteiger partial charge on any atom is -0.378 e. The van der Waals surface area contributed by atoms with E-state index in [1.165, 1.54) is 4.88 Å². The van der Waals surface area contributed by atoms with Gasteiger partial charge in [-0.3, -0.25) is 4.90 Å². The minimum atomic E-state index is 0.182. The Bertz CT molecular complexity index is 493. The molecule has 0 bridgehead atoms. The maximum atomic E-state index is 12.4. The monoisotopic (exact) mass is 324 g/mol. The molecule has 2 fully saturated rings. The fourth-order valence-corrected chi connectivity index (χ4v) is 3.71. The van der Waals surface area contributed by atoms with Gasteiger partial charge in [-0.15, -0.1) is 11.3 Å². The molecule has 3 rings (SSSR count). The number of morpholine rings is 1. The van der Waals surface area contributed by atoms with Crippen LogP contribution in [-0.4, -0.2) is 84.7 Å². The Labute approximate surface area is 135 Å². The highest BCUT2D eigenvalue weighted by Crippen LogP contribution is 2.14. The summed E-state index contributed by atoms with van der Waals surface area (Å²) in [6.07, 6.45) is 1.06. The van der Waals surface area contributed by atoms with Crippen LogP contribution in [0, 0.1) is 6.92 Å². The third-order valence-electron chi connectivity index (χ3n) is 4.42. The van der Waals surface area contributed by atoms with Gasteiger partial charge in [-0.05, 0) is 13.3 Å². The molecule has 0 atom stereocenters. The molecule has 6 nitrogen and oxygen atoms in total. The van der Waals surface area contributed by atoms with Crippen LogP contribution in [0.1, 0.15) is 10.6 Å². The van der Waals surface area contributed by atoms with Crippen LogP contribution in [0.25, 0.3) is 0 Å². The average Bonchev–Trinajstić information content (AvgIpc) is 2.99. The zero-order valence-electron chi connectivity index (χ0n) is 13.2. The molecule has 3 heterocycles. The number of piperazine rings is 1. The van der Waals surface area contributed by atoms with Crippen molar-refractivity contribution in [3.05, 3.63) is 16.1 Å². The molecule has 2 aliphatic heterocycles. The SMILES string of the molecule is Cc1ncsc1CCN1CCN(C(=O)N2CCOCC2)CC1. The van der Waals surface area contributed by atoms with Gasteiger partial charge in [0.2, 0.25) is 0 Å². The van der Waals surface area contributed by atoms with Crippen LogP contribution in [0.3, 0.4) is 0 Å². The van der Waals surface area contributed by atoms with Crippen molar-refractivity contribution < 1.29 is 9.53 Å². The van der Waals surface area contributed by atoms with Crippen LogP contribution in [0.5, 0.6) is 0 Å². The van der Waals surface area contributed by atoms with Gasteiger partial charge >= 0.3 is 6.03 Å². The molecule has 7 heteroatoms. The van der Waals surface area contributed by atoms with Crippen LogP contribution < -0.4 is 0 Å². The normalized spacial score (nSPS) is 20.4. The van der Waals surface area contributed by atoms with E-state index in [2.05, 4.69) is 16.8 Å². The number of thiazole rings is 1. The number of amides is 2. The zero-order valence-corrected chi connectivity index (χ0v) is 14.0. The summed E-state index contributed by atoms with van der Waals surface area (Å²) in [5.74, 6) is 0. The van der Waals surface area contributed by atoms with E-state index in [1.807, 2.05) is 15.3 Å². The fraction of sp³-hybridized carbons (Fsp3) is 0.733.